The summed E-state index contributed by atoms with van der Waals surface area (Å²) in [5.41, 5.74) is 0.923. The predicted octanol–water partition coefficient (Wildman–Crippen LogP) is 3.46. The smallest absolute Gasteiger partial charge is 0.137 e. The molecule has 1 heterocycles. The molecule has 4 heteroatoms. The Morgan fingerprint density at radius 1 is 1.25 bits per heavy atom. The van der Waals surface area contributed by atoms with Crippen molar-refractivity contribution in [3.8, 4) is 0 Å². The van der Waals surface area contributed by atoms with Gasteiger partial charge < -0.3 is 5.32 Å². The van der Waals surface area contributed by atoms with Crippen LogP contribution in [0.5, 0.6) is 0 Å². The third kappa shape index (κ3) is 3.08. The van der Waals surface area contributed by atoms with Crippen LogP contribution < -0.4 is 5.32 Å². The topological polar surface area (TPSA) is 37.8 Å². The highest BCUT2D eigenvalue weighted by molar-refractivity contribution is 6.30. The van der Waals surface area contributed by atoms with Gasteiger partial charge in [0.1, 0.15) is 16.8 Å². The highest BCUT2D eigenvalue weighted by Crippen LogP contribution is 2.21. The van der Waals surface area contributed by atoms with Crippen LogP contribution in [-0.2, 0) is 6.42 Å². The maximum Gasteiger partial charge on any atom is 0.137 e. The Morgan fingerprint density at radius 3 is 2.38 bits per heavy atom. The Morgan fingerprint density at radius 2 is 1.88 bits per heavy atom. The molecule has 1 aromatic rings. The number of rotatable bonds is 4. The van der Waals surface area contributed by atoms with Crippen molar-refractivity contribution in [2.45, 2.75) is 47.1 Å². The van der Waals surface area contributed by atoms with Crippen LogP contribution in [0.1, 0.15) is 39.1 Å². The highest BCUT2D eigenvalue weighted by Gasteiger charge is 2.12. The van der Waals surface area contributed by atoms with Crippen LogP contribution in [0.3, 0.4) is 0 Å². The summed E-state index contributed by atoms with van der Waals surface area (Å²) >= 11 is 6.07. The van der Waals surface area contributed by atoms with E-state index in [1.807, 2.05) is 13.8 Å². The molecule has 0 aliphatic heterocycles. The number of halogens is 1. The Bertz CT molecular complexity index is 364. The summed E-state index contributed by atoms with van der Waals surface area (Å²) in [6.07, 6.45) is 0.796. The van der Waals surface area contributed by atoms with Gasteiger partial charge in [-0.15, -0.1) is 0 Å². The molecule has 1 N–H and O–H groups in total. The second kappa shape index (κ2) is 5.48. The fourth-order valence-electron chi connectivity index (χ4n) is 1.21. The molecule has 1 atom stereocenters. The van der Waals surface area contributed by atoms with E-state index in [9.17, 15) is 0 Å². The van der Waals surface area contributed by atoms with Gasteiger partial charge in [-0.25, -0.2) is 9.97 Å². The molecule has 0 saturated heterocycles. The van der Waals surface area contributed by atoms with E-state index in [-0.39, 0.29) is 0 Å². The van der Waals surface area contributed by atoms with Gasteiger partial charge in [-0.3, -0.25) is 0 Å². The molecule has 0 amide bonds. The van der Waals surface area contributed by atoms with Crippen LogP contribution in [0.4, 0.5) is 5.82 Å². The van der Waals surface area contributed by atoms with E-state index in [0.717, 1.165) is 23.6 Å². The van der Waals surface area contributed by atoms with E-state index in [4.69, 9.17) is 11.6 Å². The van der Waals surface area contributed by atoms with Gasteiger partial charge in [0.15, 0.2) is 0 Å². The van der Waals surface area contributed by atoms with Gasteiger partial charge in [0.05, 0.1) is 0 Å². The van der Waals surface area contributed by atoms with Gasteiger partial charge in [-0.2, -0.15) is 0 Å². The van der Waals surface area contributed by atoms with E-state index < -0.39 is 0 Å². The molecular formula is C12H20ClN3. The Balaban J connectivity index is 2.98. The third-order valence-corrected chi connectivity index (χ3v) is 3.18. The minimum absolute atomic E-state index is 0.370. The van der Waals surface area contributed by atoms with Crippen molar-refractivity contribution >= 4 is 17.4 Å². The standard InChI is InChI=1S/C12H20ClN3/c1-6-10-15-11(13)8(4)12(16-10)14-9(5)7(2)3/h7,9H,6H2,1-5H3,(H,14,15,16). The summed E-state index contributed by atoms with van der Waals surface area (Å²) in [5, 5.41) is 3.94. The first-order valence-electron chi connectivity index (χ1n) is 5.75. The minimum Gasteiger partial charge on any atom is -0.367 e. The molecule has 3 nitrogen and oxygen atoms in total. The normalized spacial score (nSPS) is 12.9. The summed E-state index contributed by atoms with van der Waals surface area (Å²) < 4.78 is 0. The molecule has 0 fully saturated rings. The summed E-state index contributed by atoms with van der Waals surface area (Å²) in [5.74, 6) is 2.20. The number of aromatic nitrogens is 2. The highest BCUT2D eigenvalue weighted by atomic mass is 35.5. The van der Waals surface area contributed by atoms with Gasteiger partial charge in [-0.05, 0) is 19.8 Å². The third-order valence-electron chi connectivity index (χ3n) is 2.81. The lowest BCUT2D eigenvalue weighted by Crippen LogP contribution is -2.23. The largest absolute Gasteiger partial charge is 0.367 e. The lowest BCUT2D eigenvalue weighted by Gasteiger charge is -2.20. The number of hydrogen-bond donors (Lipinski definition) is 1. The Kier molecular flexibility index (Phi) is 4.54. The van der Waals surface area contributed by atoms with E-state index in [1.165, 1.54) is 0 Å². The van der Waals surface area contributed by atoms with E-state index >= 15 is 0 Å². The fourth-order valence-corrected chi connectivity index (χ4v) is 1.40. The van der Waals surface area contributed by atoms with Crippen molar-refractivity contribution < 1.29 is 0 Å². The van der Waals surface area contributed by atoms with Crippen LogP contribution in [-0.4, -0.2) is 16.0 Å². The zero-order valence-corrected chi connectivity index (χ0v) is 11.4. The van der Waals surface area contributed by atoms with Gasteiger partial charge in [0.2, 0.25) is 0 Å². The first-order chi connectivity index (χ1) is 7.45. The lowest BCUT2D eigenvalue weighted by molar-refractivity contribution is 0.557. The van der Waals surface area contributed by atoms with Crippen LogP contribution in [0.2, 0.25) is 5.15 Å². The average molecular weight is 242 g/mol. The molecule has 0 aliphatic rings. The Labute approximate surface area is 103 Å². The maximum absolute atomic E-state index is 6.07. The van der Waals surface area contributed by atoms with Gasteiger partial charge >= 0.3 is 0 Å². The molecule has 0 bridgehead atoms. The number of aryl methyl sites for hydroxylation is 1. The predicted molar refractivity (Wildman–Crippen MR) is 69.1 cm³/mol. The lowest BCUT2D eigenvalue weighted by atomic mass is 10.1. The molecule has 0 saturated carbocycles. The minimum atomic E-state index is 0.370. The van der Waals surface area contributed by atoms with Crippen LogP contribution in [0.25, 0.3) is 0 Å². The van der Waals surface area contributed by atoms with Crippen molar-refractivity contribution in [2.24, 2.45) is 5.92 Å². The average Bonchev–Trinajstić information content (AvgIpc) is 2.24. The molecule has 0 spiro atoms. The summed E-state index contributed by atoms with van der Waals surface area (Å²) in [6, 6.07) is 0.370. The summed E-state index contributed by atoms with van der Waals surface area (Å²) in [4.78, 5) is 8.69. The van der Waals surface area contributed by atoms with Crippen molar-refractivity contribution in [1.82, 2.24) is 9.97 Å². The number of hydrogen-bond acceptors (Lipinski definition) is 3. The summed E-state index contributed by atoms with van der Waals surface area (Å²) in [7, 11) is 0. The molecule has 1 aromatic heterocycles. The number of nitrogens with zero attached hydrogens (tertiary/aromatic N) is 2. The van der Waals surface area contributed by atoms with Crippen molar-refractivity contribution in [2.75, 3.05) is 5.32 Å². The van der Waals surface area contributed by atoms with E-state index in [1.54, 1.807) is 0 Å². The molecule has 0 radical (unpaired) electrons. The fraction of sp³-hybridized carbons (Fsp3) is 0.667. The SMILES string of the molecule is CCc1nc(Cl)c(C)c(NC(C)C(C)C)n1. The zero-order chi connectivity index (χ0) is 12.3. The van der Waals surface area contributed by atoms with Crippen molar-refractivity contribution in [3.63, 3.8) is 0 Å². The monoisotopic (exact) mass is 241 g/mol. The zero-order valence-electron chi connectivity index (χ0n) is 10.6. The van der Waals surface area contributed by atoms with Crippen LogP contribution in [0, 0.1) is 12.8 Å². The van der Waals surface area contributed by atoms with Gasteiger partial charge in [0.25, 0.3) is 0 Å². The van der Waals surface area contributed by atoms with E-state index in [0.29, 0.717) is 17.1 Å². The van der Waals surface area contributed by atoms with Crippen LogP contribution >= 0.6 is 11.6 Å². The Hall–Kier alpha value is -0.830. The van der Waals surface area contributed by atoms with Crippen LogP contribution in [0.15, 0.2) is 0 Å². The molecule has 16 heavy (non-hydrogen) atoms. The van der Waals surface area contributed by atoms with Crippen molar-refractivity contribution in [3.05, 3.63) is 16.5 Å². The molecular weight excluding hydrogens is 222 g/mol. The second-order valence-electron chi connectivity index (χ2n) is 4.43. The summed E-state index contributed by atoms with van der Waals surface area (Å²) in [6.45, 7) is 10.5. The van der Waals surface area contributed by atoms with Crippen molar-refractivity contribution in [1.29, 1.82) is 0 Å². The van der Waals surface area contributed by atoms with E-state index in [2.05, 4.69) is 36.1 Å². The first kappa shape index (κ1) is 13.2. The quantitative estimate of drug-likeness (QED) is 0.821. The molecule has 90 valence electrons. The molecule has 1 rings (SSSR count). The number of nitrogens with one attached hydrogen (secondary N) is 1. The van der Waals surface area contributed by atoms with Gasteiger partial charge in [0, 0.05) is 18.0 Å². The number of anilines is 1. The molecule has 1 unspecified atom stereocenters. The molecule has 0 aliphatic carbocycles. The molecule has 0 aromatic carbocycles. The second-order valence-corrected chi connectivity index (χ2v) is 4.79. The maximum atomic E-state index is 6.07. The first-order valence-corrected chi connectivity index (χ1v) is 6.13. The van der Waals surface area contributed by atoms with Gasteiger partial charge in [-0.1, -0.05) is 32.4 Å².